The van der Waals surface area contributed by atoms with E-state index in [9.17, 15) is 9.90 Å². The quantitative estimate of drug-likeness (QED) is 0.146. The van der Waals surface area contributed by atoms with Crippen LogP contribution in [-0.2, 0) is 25.5 Å². The number of halogens is 1. The summed E-state index contributed by atoms with van der Waals surface area (Å²) < 4.78 is 9.94. The molecule has 0 atom stereocenters. The lowest BCUT2D eigenvalue weighted by molar-refractivity contribution is -0.128. The summed E-state index contributed by atoms with van der Waals surface area (Å²) in [7, 11) is 5.63. The molecule has 0 unspecified atom stereocenters. The van der Waals surface area contributed by atoms with Crippen molar-refractivity contribution in [3.8, 4) is 34.0 Å². The van der Waals surface area contributed by atoms with Crippen LogP contribution in [0.1, 0.15) is 30.8 Å². The van der Waals surface area contributed by atoms with E-state index in [2.05, 4.69) is 26.2 Å². The molecule has 53 heavy (non-hydrogen) atoms. The molecule has 0 spiro atoms. The first kappa shape index (κ1) is 37.3. The van der Waals surface area contributed by atoms with Gasteiger partial charge >= 0.3 is 0 Å². The van der Waals surface area contributed by atoms with E-state index >= 15 is 0 Å². The van der Waals surface area contributed by atoms with Crippen LogP contribution in [0.3, 0.4) is 0 Å². The van der Waals surface area contributed by atoms with Crippen molar-refractivity contribution in [3.05, 3.63) is 107 Å². The third kappa shape index (κ3) is 8.13. The first-order valence-electron chi connectivity index (χ1n) is 17.0. The topological polar surface area (TPSA) is 124 Å². The number of aromatic hydroxyl groups is 1. The number of hydrogen-bond donors (Lipinski definition) is 1. The minimum absolute atomic E-state index is 0.0493. The number of fused-ring (bicyclic) bond motifs is 2. The van der Waals surface area contributed by atoms with Gasteiger partial charge < -0.3 is 14.7 Å². The van der Waals surface area contributed by atoms with E-state index in [0.717, 1.165) is 60.7 Å². The third-order valence-corrected chi connectivity index (χ3v) is 10.3. The van der Waals surface area contributed by atoms with Crippen LogP contribution in [-0.4, -0.2) is 69.3 Å². The molecule has 1 N–H and O–H groups in total. The molecule has 272 valence electrons. The number of nitrogens with zero attached hydrogens (tertiary/aromatic N) is 8. The van der Waals surface area contributed by atoms with Crippen molar-refractivity contribution in [2.75, 3.05) is 12.8 Å². The Bertz CT molecular complexity index is 2430. The van der Waals surface area contributed by atoms with Crippen LogP contribution in [0.25, 0.3) is 44.3 Å². The largest absolute Gasteiger partial charge is 0.506 e. The van der Waals surface area contributed by atoms with Gasteiger partial charge in [-0.2, -0.15) is 10.2 Å². The molecule has 2 aromatic carbocycles. The summed E-state index contributed by atoms with van der Waals surface area (Å²) in [6.07, 6.45) is 6.87. The predicted octanol–water partition coefficient (Wildman–Crippen LogP) is 8.18. The van der Waals surface area contributed by atoms with Crippen molar-refractivity contribution in [1.29, 1.82) is 0 Å². The average molecular weight is 749 g/mol. The highest BCUT2D eigenvalue weighted by atomic mass is 35.5. The second-order valence-corrected chi connectivity index (χ2v) is 14.3. The number of phenols is 1. The number of rotatable bonds is 9. The van der Waals surface area contributed by atoms with Gasteiger partial charge in [0.2, 0.25) is 5.91 Å². The van der Waals surface area contributed by atoms with E-state index < -0.39 is 0 Å². The van der Waals surface area contributed by atoms with Crippen molar-refractivity contribution >= 4 is 51.1 Å². The van der Waals surface area contributed by atoms with Crippen LogP contribution < -0.4 is 4.74 Å². The molecule has 0 fully saturated rings. The summed E-state index contributed by atoms with van der Waals surface area (Å²) >= 11 is 7.92. The van der Waals surface area contributed by atoms with Crippen molar-refractivity contribution in [2.24, 2.45) is 14.1 Å². The molecular formula is C40H41ClN8O3S. The number of benzene rings is 2. The summed E-state index contributed by atoms with van der Waals surface area (Å²) in [5.41, 5.74) is 8.06. The lowest BCUT2D eigenvalue weighted by Gasteiger charge is -2.21. The molecule has 0 saturated heterocycles. The summed E-state index contributed by atoms with van der Waals surface area (Å²) in [6, 6.07) is 19.5. The number of thioether (sulfide) groups is 1. The number of carbonyl (C=O) groups is 1. The van der Waals surface area contributed by atoms with Crippen LogP contribution >= 0.6 is 23.4 Å². The van der Waals surface area contributed by atoms with Crippen LogP contribution in [0.5, 0.6) is 11.5 Å². The minimum Gasteiger partial charge on any atom is -0.506 e. The number of hydrogen-bond acceptors (Lipinski definition) is 9. The first-order valence-corrected chi connectivity index (χ1v) is 18.4. The zero-order chi connectivity index (χ0) is 37.8. The summed E-state index contributed by atoms with van der Waals surface area (Å²) in [5.74, 6) is 1.22. The van der Waals surface area contributed by atoms with E-state index in [1.54, 1.807) is 35.8 Å². The molecular weight excluding hydrogens is 708 g/mol. The zero-order valence-corrected chi connectivity index (χ0v) is 32.3. The van der Waals surface area contributed by atoms with Gasteiger partial charge in [0.05, 0.1) is 22.2 Å². The number of phenolic OH excluding ortho intramolecular Hbond substituents is 1. The van der Waals surface area contributed by atoms with Gasteiger partial charge in [-0.15, -0.1) is 11.8 Å². The fourth-order valence-corrected chi connectivity index (χ4v) is 7.15. The normalized spacial score (nSPS) is 11.2. The second kappa shape index (κ2) is 16.1. The van der Waals surface area contributed by atoms with Crippen LogP contribution in [0.2, 0.25) is 5.02 Å². The summed E-state index contributed by atoms with van der Waals surface area (Å²) in [6.45, 7) is 8.10. The fraction of sp³-hybridized carbons (Fsp3) is 0.250. The molecule has 0 aliphatic heterocycles. The lowest BCUT2D eigenvalue weighted by atomic mass is 10.0. The van der Waals surface area contributed by atoms with Gasteiger partial charge in [0.1, 0.15) is 29.1 Å². The predicted molar refractivity (Wildman–Crippen MR) is 211 cm³/mol. The Morgan fingerprint density at radius 1 is 0.887 bits per heavy atom. The monoisotopic (exact) mass is 748 g/mol. The van der Waals surface area contributed by atoms with E-state index in [-0.39, 0.29) is 24.3 Å². The number of pyridine rings is 3. The fourth-order valence-electron chi connectivity index (χ4n) is 5.92. The average Bonchev–Trinajstić information content (AvgIpc) is 3.77. The molecule has 0 aliphatic rings. The van der Waals surface area contributed by atoms with Gasteiger partial charge in [-0.05, 0) is 64.1 Å². The van der Waals surface area contributed by atoms with E-state index in [1.165, 1.54) is 11.8 Å². The highest BCUT2D eigenvalue weighted by Gasteiger charge is 2.18. The Hall–Kier alpha value is -5.46. The Balaban J connectivity index is 0.000000222. The van der Waals surface area contributed by atoms with E-state index in [1.807, 2.05) is 107 Å². The molecule has 7 aromatic rings. The molecule has 0 saturated carbocycles. The Labute approximate surface area is 317 Å². The van der Waals surface area contributed by atoms with Crippen molar-refractivity contribution in [3.63, 3.8) is 0 Å². The van der Waals surface area contributed by atoms with Gasteiger partial charge in [-0.25, -0.2) is 9.97 Å². The number of amides is 1. The lowest BCUT2D eigenvalue weighted by Crippen LogP contribution is -2.34. The molecule has 0 aliphatic carbocycles. The summed E-state index contributed by atoms with van der Waals surface area (Å²) in [4.78, 5) is 28.4. The number of aryl methyl sites for hydroxylation is 4. The standard InChI is InChI=1S/C26H28ClN5O2S.C14H13N3O/c1-16(2)31(4)25(33)15-35-24-13-28-12-21(27)20(24)14-34-23-8-6-7-18-19(11-17(3)30-26(18)23)22-9-10-29-32(22)5;1-9-8-11(12-6-7-15-17(12)2)10-4-3-5-13(18)14(10)16-9/h6-13,16H,14-15H2,1-5H3;3-8,18H,1-2H3. The minimum atomic E-state index is 0.0493. The molecule has 5 heterocycles. The van der Waals surface area contributed by atoms with Crippen molar-refractivity contribution in [1.82, 2.24) is 39.4 Å². The zero-order valence-electron chi connectivity index (χ0n) is 30.7. The van der Waals surface area contributed by atoms with E-state index in [0.29, 0.717) is 22.0 Å². The first-order chi connectivity index (χ1) is 25.4. The van der Waals surface area contributed by atoms with Crippen LogP contribution in [0.4, 0.5) is 0 Å². The Kier molecular flexibility index (Phi) is 11.3. The van der Waals surface area contributed by atoms with Crippen LogP contribution in [0, 0.1) is 13.8 Å². The second-order valence-electron chi connectivity index (χ2n) is 12.9. The number of ether oxygens (including phenoxy) is 1. The van der Waals surface area contributed by atoms with Crippen LogP contribution in [0.15, 0.2) is 90.3 Å². The molecule has 1 amide bonds. The molecule has 5 aromatic heterocycles. The maximum Gasteiger partial charge on any atom is 0.232 e. The SMILES string of the molecule is Cc1cc(-c2ccnn2C)c2cccc(O)c2n1.Cc1cc(-c2ccnn2C)c2cccc(OCc3c(Cl)cncc3SCC(=O)N(C)C(C)C)c2n1. The molecule has 0 bridgehead atoms. The molecule has 11 nitrogen and oxygen atoms in total. The maximum absolute atomic E-state index is 12.5. The van der Waals surface area contributed by atoms with Gasteiger partial charge in [0.15, 0.2) is 0 Å². The third-order valence-electron chi connectivity index (χ3n) is 8.93. The van der Waals surface area contributed by atoms with Gasteiger partial charge in [0.25, 0.3) is 0 Å². The Morgan fingerprint density at radius 2 is 1.47 bits per heavy atom. The highest BCUT2D eigenvalue weighted by Crippen LogP contribution is 2.35. The van der Waals surface area contributed by atoms with E-state index in [4.69, 9.17) is 21.3 Å². The number of carbonyl (C=O) groups excluding carboxylic acids is 1. The van der Waals surface area contributed by atoms with Crippen molar-refractivity contribution < 1.29 is 14.6 Å². The highest BCUT2D eigenvalue weighted by molar-refractivity contribution is 8.00. The van der Waals surface area contributed by atoms with Gasteiger partial charge in [-0.1, -0.05) is 35.9 Å². The Morgan fingerprint density at radius 3 is 2.06 bits per heavy atom. The molecule has 13 heteroatoms. The van der Waals surface area contributed by atoms with Gasteiger partial charge in [-0.3, -0.25) is 19.1 Å². The van der Waals surface area contributed by atoms with Gasteiger partial charge in [0, 0.05) is 95.7 Å². The molecule has 0 radical (unpaired) electrons. The smallest absolute Gasteiger partial charge is 0.232 e. The number of para-hydroxylation sites is 2. The van der Waals surface area contributed by atoms with Crippen molar-refractivity contribution in [2.45, 2.75) is 45.2 Å². The number of aromatic nitrogens is 7. The molecule has 7 rings (SSSR count). The summed E-state index contributed by atoms with van der Waals surface area (Å²) in [5, 5.41) is 20.8. The maximum atomic E-state index is 12.5.